The second kappa shape index (κ2) is 14.7. The SMILES string of the molecule is C.CNCCCCCCOP(=O)([O-])OP(=O)([O-])OP(=O)([O-])OC[C@H]1O[C@@H](n2cnc3c(N)ncnc32)[C@@H](O)C1O. The molecule has 2 aromatic heterocycles. The number of imidazole rings is 1. The van der Waals surface area contributed by atoms with Gasteiger partial charge in [-0.2, -0.15) is 0 Å². The van der Waals surface area contributed by atoms with Crippen LogP contribution >= 0.6 is 23.5 Å². The lowest BCUT2D eigenvalue weighted by atomic mass is 10.1. The molecule has 22 heteroatoms. The largest absolute Gasteiger partial charge is 0.756 e. The van der Waals surface area contributed by atoms with Crippen molar-refractivity contribution in [2.45, 2.75) is 57.6 Å². The molecule has 0 saturated carbocycles. The van der Waals surface area contributed by atoms with Crippen LogP contribution in [0.25, 0.3) is 11.2 Å². The Kier molecular flexibility index (Phi) is 12.8. The molecule has 5 N–H and O–H groups in total. The summed E-state index contributed by atoms with van der Waals surface area (Å²) in [7, 11) is -15.5. The van der Waals surface area contributed by atoms with Crippen molar-refractivity contribution in [3.8, 4) is 0 Å². The van der Waals surface area contributed by atoms with Crippen LogP contribution in [0.2, 0.25) is 0 Å². The van der Waals surface area contributed by atoms with Crippen molar-refractivity contribution in [1.82, 2.24) is 24.8 Å². The van der Waals surface area contributed by atoms with Crippen LogP contribution < -0.4 is 25.7 Å². The summed E-state index contributed by atoms with van der Waals surface area (Å²) in [4.78, 5) is 47.4. The van der Waals surface area contributed by atoms with Gasteiger partial charge in [-0.15, -0.1) is 0 Å². The minimum Gasteiger partial charge on any atom is -0.756 e. The van der Waals surface area contributed by atoms with Gasteiger partial charge in [-0.25, -0.2) is 23.6 Å². The van der Waals surface area contributed by atoms with Crippen molar-refractivity contribution in [2.75, 3.05) is 32.5 Å². The van der Waals surface area contributed by atoms with E-state index in [1.54, 1.807) is 7.05 Å². The maximum Gasteiger partial charge on any atom is 0.280 e. The molecule has 0 aliphatic carbocycles. The number of hydrogen-bond acceptors (Lipinski definition) is 18. The molecule has 1 saturated heterocycles. The monoisotopic (exact) mass is 633 g/mol. The lowest BCUT2D eigenvalue weighted by Crippen LogP contribution is -2.34. The highest BCUT2D eigenvalue weighted by atomic mass is 31.3. The summed E-state index contributed by atoms with van der Waals surface area (Å²) in [5.41, 5.74) is 6.02. The fraction of sp³-hybridized carbons (Fsp3) is 0.722. The first kappa shape index (κ1) is 34.8. The first-order valence-corrected chi connectivity index (χ1v) is 15.9. The van der Waals surface area contributed by atoms with Crippen LogP contribution in [0.3, 0.4) is 0 Å². The molecule has 3 rings (SSSR count). The highest BCUT2D eigenvalue weighted by Crippen LogP contribution is 2.63. The topological polar surface area (TPSA) is 289 Å². The van der Waals surface area contributed by atoms with Gasteiger partial charge < -0.3 is 49.7 Å². The number of aliphatic hydroxyl groups is 2. The molecule has 2 aromatic rings. The van der Waals surface area contributed by atoms with E-state index in [-0.39, 0.29) is 30.8 Å². The van der Waals surface area contributed by atoms with Gasteiger partial charge in [-0.3, -0.25) is 18.3 Å². The summed E-state index contributed by atoms with van der Waals surface area (Å²) >= 11 is 0. The summed E-state index contributed by atoms with van der Waals surface area (Å²) in [6, 6.07) is 0. The van der Waals surface area contributed by atoms with Crippen LogP contribution in [0.4, 0.5) is 5.82 Å². The number of rotatable bonds is 16. The van der Waals surface area contributed by atoms with E-state index in [4.69, 9.17) is 10.5 Å². The Labute approximate surface area is 229 Å². The Hall–Kier alpha value is -1.40. The quantitative estimate of drug-likeness (QED) is 0.126. The molecule has 1 aliphatic rings. The molecule has 40 heavy (non-hydrogen) atoms. The average molecular weight is 633 g/mol. The van der Waals surface area contributed by atoms with E-state index in [2.05, 4.69) is 37.9 Å². The summed E-state index contributed by atoms with van der Waals surface area (Å²) in [6.07, 6.45) is -1.36. The number of fused-ring (bicyclic) bond motifs is 1. The van der Waals surface area contributed by atoms with Gasteiger partial charge in [0.1, 0.15) is 30.2 Å². The zero-order valence-corrected chi connectivity index (χ0v) is 23.2. The average Bonchev–Trinajstić information content (AvgIpc) is 3.37. The van der Waals surface area contributed by atoms with E-state index in [0.717, 1.165) is 25.7 Å². The molecule has 1 aliphatic heterocycles. The van der Waals surface area contributed by atoms with Crippen molar-refractivity contribution < 1.29 is 61.0 Å². The van der Waals surface area contributed by atoms with Crippen molar-refractivity contribution in [1.29, 1.82) is 0 Å². The summed E-state index contributed by atoms with van der Waals surface area (Å²) in [5, 5.41) is 23.6. The van der Waals surface area contributed by atoms with Gasteiger partial charge in [0, 0.05) is 0 Å². The first-order valence-electron chi connectivity index (χ1n) is 11.5. The maximum atomic E-state index is 12.0. The number of nitrogens with zero attached hydrogens (tertiary/aromatic N) is 4. The smallest absolute Gasteiger partial charge is 0.280 e. The van der Waals surface area contributed by atoms with Crippen LogP contribution in [0.1, 0.15) is 39.3 Å². The first-order chi connectivity index (χ1) is 18.3. The van der Waals surface area contributed by atoms with Gasteiger partial charge >= 0.3 is 0 Å². The van der Waals surface area contributed by atoms with Gasteiger partial charge in [0.15, 0.2) is 17.7 Å². The van der Waals surface area contributed by atoms with Gasteiger partial charge in [-0.1, -0.05) is 20.3 Å². The molecular weight excluding hydrogens is 601 g/mol. The van der Waals surface area contributed by atoms with E-state index in [1.165, 1.54) is 10.9 Å². The Morgan fingerprint density at radius 3 is 2.33 bits per heavy atom. The molecule has 0 radical (unpaired) electrons. The Morgan fingerprint density at radius 1 is 1.00 bits per heavy atom. The van der Waals surface area contributed by atoms with Gasteiger partial charge in [-0.05, 0) is 26.4 Å². The molecule has 0 amide bonds. The molecule has 1 fully saturated rings. The molecule has 0 spiro atoms. The van der Waals surface area contributed by atoms with Crippen molar-refractivity contribution in [2.24, 2.45) is 0 Å². The minimum atomic E-state index is -6.03. The number of phosphoric acid groups is 3. The predicted octanol–water partition coefficient (Wildman–Crippen LogP) is -1.08. The normalized spacial score (nSPS) is 25.6. The van der Waals surface area contributed by atoms with E-state index in [9.17, 15) is 38.6 Å². The number of nitrogens with two attached hydrogens (primary N) is 1. The molecule has 19 nitrogen and oxygen atoms in total. The third-order valence-electron chi connectivity index (χ3n) is 5.37. The number of ether oxygens (including phenoxy) is 1. The minimum absolute atomic E-state index is 0. The van der Waals surface area contributed by atoms with Gasteiger partial charge in [0.2, 0.25) is 0 Å². The molecule has 7 atom stereocenters. The fourth-order valence-corrected chi connectivity index (χ4v) is 6.96. The number of unbranched alkanes of at least 4 members (excludes halogenated alkanes) is 3. The Morgan fingerprint density at radius 2 is 1.65 bits per heavy atom. The number of aliphatic hydroxyl groups excluding tert-OH is 2. The fourth-order valence-electron chi connectivity index (χ4n) is 3.56. The Bertz CT molecular complexity index is 1250. The molecular formula is C18H32N6O13P3-3. The third-order valence-corrected chi connectivity index (χ3v) is 9.53. The lowest BCUT2D eigenvalue weighted by Gasteiger charge is -2.34. The van der Waals surface area contributed by atoms with Gasteiger partial charge in [0.25, 0.3) is 23.5 Å². The summed E-state index contributed by atoms with van der Waals surface area (Å²) in [6.45, 7) is -0.646. The Balaban J connectivity index is 0.00000560. The van der Waals surface area contributed by atoms with Crippen molar-refractivity contribution >= 4 is 40.4 Å². The lowest BCUT2D eigenvalue weighted by molar-refractivity contribution is -0.251. The zero-order valence-electron chi connectivity index (χ0n) is 20.5. The molecule has 3 heterocycles. The van der Waals surface area contributed by atoms with Crippen LogP contribution in [0, 0.1) is 0 Å². The number of aromatic nitrogens is 4. The van der Waals surface area contributed by atoms with Crippen LogP contribution in [0.5, 0.6) is 0 Å². The van der Waals surface area contributed by atoms with E-state index in [0.29, 0.717) is 6.42 Å². The van der Waals surface area contributed by atoms with E-state index < -0.39 is 61.2 Å². The number of hydrogen-bond donors (Lipinski definition) is 4. The number of anilines is 1. The second-order valence-electron chi connectivity index (χ2n) is 8.28. The summed E-state index contributed by atoms with van der Waals surface area (Å²) < 4.78 is 58.7. The maximum absolute atomic E-state index is 12.0. The van der Waals surface area contributed by atoms with Crippen molar-refractivity contribution in [3.63, 3.8) is 0 Å². The third kappa shape index (κ3) is 9.58. The van der Waals surface area contributed by atoms with E-state index >= 15 is 0 Å². The molecule has 4 unspecified atom stereocenters. The standard InChI is InChI=1S/C17H31N6O13P3.CH4/c1-19-6-4-2-3-5-7-32-37(26,27)35-39(30,31)36-38(28,29)33-8-11-13(24)14(25)17(34-11)23-10-22-12-15(18)20-9-21-16(12)23;/h9-11,13-14,17,19,24-25H,2-8H2,1H3,(H,26,27)(H,28,29)(H,30,31)(H2,18,20,21);1H4/p-3/t11-,13?,14+,17-;/m1./s1. The zero-order chi connectivity index (χ0) is 28.8. The van der Waals surface area contributed by atoms with Crippen LogP contribution in [0.15, 0.2) is 12.7 Å². The number of nitrogen functional groups attached to an aromatic ring is 1. The van der Waals surface area contributed by atoms with Crippen LogP contribution in [-0.4, -0.2) is 74.9 Å². The second-order valence-corrected chi connectivity index (χ2v) is 12.8. The molecule has 0 bridgehead atoms. The molecule has 0 aromatic carbocycles. The van der Waals surface area contributed by atoms with Gasteiger partial charge in [0.05, 0.1) is 19.5 Å². The summed E-state index contributed by atoms with van der Waals surface area (Å²) in [5.74, 6) is 0.0357. The van der Waals surface area contributed by atoms with Crippen molar-refractivity contribution in [3.05, 3.63) is 12.7 Å². The highest BCUT2D eigenvalue weighted by Gasteiger charge is 2.45. The molecule has 230 valence electrons. The predicted molar refractivity (Wildman–Crippen MR) is 132 cm³/mol. The number of nitrogens with one attached hydrogen (secondary N) is 1. The highest BCUT2D eigenvalue weighted by molar-refractivity contribution is 7.65. The van der Waals surface area contributed by atoms with Crippen LogP contribution in [-0.2, 0) is 36.1 Å². The number of phosphoric ester groups is 2. The van der Waals surface area contributed by atoms with E-state index in [1.807, 2.05) is 0 Å².